The Morgan fingerprint density at radius 1 is 1.50 bits per heavy atom. The molecule has 0 saturated heterocycles. The highest BCUT2D eigenvalue weighted by molar-refractivity contribution is 6.01. The number of carbonyl (C=O) groups is 1. The molecule has 1 amide bonds. The van der Waals surface area contributed by atoms with Crippen LogP contribution in [0.2, 0.25) is 0 Å². The largest absolute Gasteiger partial charge is 0.483 e. The number of carbonyl (C=O) groups excluding carboxylic acids is 1. The fourth-order valence-electron chi connectivity index (χ4n) is 2.24. The number of hydrogen-bond donors (Lipinski definition) is 1. The van der Waals surface area contributed by atoms with Gasteiger partial charge in [0.25, 0.3) is 0 Å². The first kappa shape index (κ1) is 11.9. The van der Waals surface area contributed by atoms with Gasteiger partial charge in [-0.2, -0.15) is 8.78 Å². The van der Waals surface area contributed by atoms with Crippen molar-refractivity contribution in [3.63, 3.8) is 0 Å². The molecule has 3 rings (SSSR count). The van der Waals surface area contributed by atoms with Crippen LogP contribution in [0.4, 0.5) is 18.9 Å². The summed E-state index contributed by atoms with van der Waals surface area (Å²) in [7, 11) is 0. The van der Waals surface area contributed by atoms with Crippen LogP contribution in [-0.4, -0.2) is 22.1 Å². The Balaban J connectivity index is 2.29. The summed E-state index contributed by atoms with van der Waals surface area (Å²) in [6, 6.07) is -1.51. The monoisotopic (exact) mass is 342 g/mol. The lowest BCUT2D eigenvalue weighted by molar-refractivity contribution is -0.193. The number of para-hydroxylation sites is 1. The van der Waals surface area contributed by atoms with E-state index in [1.165, 1.54) is 0 Å². The van der Waals surface area contributed by atoms with Crippen molar-refractivity contribution < 1.29 is 33.3 Å². The van der Waals surface area contributed by atoms with E-state index in [9.17, 15) is 23.1 Å². The molecule has 0 unspecified atom stereocenters. The minimum Gasteiger partial charge on any atom is -0.423 e. The summed E-state index contributed by atoms with van der Waals surface area (Å²) in [6.45, 7) is 0.222. The number of rotatable bonds is 3. The highest BCUT2D eigenvalue weighted by Gasteiger charge is 2.51. The molecule has 1 aromatic carbocycles. The summed E-state index contributed by atoms with van der Waals surface area (Å²) in [4.78, 5) is 16.2. The van der Waals surface area contributed by atoms with Crippen molar-refractivity contribution in [3.05, 3.63) is 53.5 Å². The van der Waals surface area contributed by atoms with E-state index < -0.39 is 65.6 Å². The summed E-state index contributed by atoms with van der Waals surface area (Å²) in [5, 5.41) is 10.0. The molecule has 0 fully saturated rings. The van der Waals surface area contributed by atoms with Gasteiger partial charge in [0.1, 0.15) is 5.82 Å². The summed E-state index contributed by atoms with van der Waals surface area (Å²) in [6.07, 6.45) is -5.08. The number of hydrogen-bond acceptors (Lipinski definition) is 4. The number of alkyl halides is 2. The van der Waals surface area contributed by atoms with E-state index in [1.807, 2.05) is 0 Å². The van der Waals surface area contributed by atoms with Crippen molar-refractivity contribution in [1.82, 2.24) is 4.98 Å². The molecular weight excluding hydrogens is 325 g/mol. The van der Waals surface area contributed by atoms with Gasteiger partial charge in [0.2, 0.25) is 0 Å². The van der Waals surface area contributed by atoms with Gasteiger partial charge in [-0.3, -0.25) is 14.7 Å². The van der Waals surface area contributed by atoms with E-state index in [0.29, 0.717) is 4.90 Å². The highest BCUT2D eigenvalue weighted by atomic mass is 19.3. The predicted octanol–water partition coefficient (Wildman–Crippen LogP) is 2.79. The fraction of sp³-hybridized carbons (Fsp3) is 0.250. The van der Waals surface area contributed by atoms with Gasteiger partial charge >= 0.3 is 12.0 Å². The molecule has 0 saturated carbocycles. The van der Waals surface area contributed by atoms with Crippen LogP contribution in [0.1, 0.15) is 29.6 Å². The second kappa shape index (κ2) is 5.79. The normalized spacial score (nSPS) is 20.9. The maximum atomic E-state index is 14.2. The van der Waals surface area contributed by atoms with Gasteiger partial charge in [0.15, 0.2) is 5.75 Å². The molecule has 0 bridgehead atoms. The Kier molecular flexibility index (Phi) is 2.86. The van der Waals surface area contributed by atoms with Crippen LogP contribution in [0, 0.1) is 5.82 Å². The van der Waals surface area contributed by atoms with Gasteiger partial charge < -0.3 is 9.84 Å². The number of amides is 1. The lowest BCUT2D eigenvalue weighted by atomic mass is 10.1. The van der Waals surface area contributed by atoms with Gasteiger partial charge in [0, 0.05) is 11.8 Å². The topological polar surface area (TPSA) is 62.7 Å². The number of halogens is 3. The number of aliphatic hydroxyl groups is 1. The van der Waals surface area contributed by atoms with Crippen LogP contribution in [0.15, 0.2) is 36.6 Å². The molecule has 1 aliphatic rings. The third-order valence-corrected chi connectivity index (χ3v) is 3.27. The first-order chi connectivity index (χ1) is 12.8. The van der Waals surface area contributed by atoms with Crippen molar-refractivity contribution in [3.8, 4) is 5.75 Å². The lowest BCUT2D eigenvalue weighted by Gasteiger charge is -2.34. The van der Waals surface area contributed by atoms with E-state index in [-0.39, 0.29) is 5.56 Å². The average Bonchev–Trinajstić information content (AvgIpc) is 2.56. The number of anilines is 1. The third-order valence-electron chi connectivity index (χ3n) is 3.27. The summed E-state index contributed by atoms with van der Waals surface area (Å²) >= 11 is 0. The number of benzene rings is 1. The molecular formula is C16H13F3N2O3. The van der Waals surface area contributed by atoms with Gasteiger partial charge in [-0.25, -0.2) is 4.39 Å². The van der Waals surface area contributed by atoms with E-state index in [1.54, 1.807) is 0 Å². The van der Waals surface area contributed by atoms with E-state index in [0.717, 1.165) is 25.4 Å². The molecule has 1 aliphatic heterocycles. The Bertz CT molecular complexity index is 983. The molecule has 0 aliphatic carbocycles. The van der Waals surface area contributed by atoms with Crippen LogP contribution < -0.4 is 9.64 Å². The van der Waals surface area contributed by atoms with Crippen molar-refractivity contribution in [1.29, 1.82) is 0 Å². The van der Waals surface area contributed by atoms with Crippen molar-refractivity contribution in [2.24, 2.45) is 0 Å². The number of ether oxygens (including phenoxy) is 1. The number of pyridine rings is 1. The highest BCUT2D eigenvalue weighted by Crippen LogP contribution is 2.44. The molecule has 2 aromatic rings. The molecule has 8 heteroatoms. The molecule has 0 spiro atoms. The second-order valence-electron chi connectivity index (χ2n) is 5.03. The number of nitrogens with zero attached hydrogens (tertiary/aromatic N) is 2. The maximum absolute atomic E-state index is 14.2. The van der Waals surface area contributed by atoms with Crippen LogP contribution in [-0.2, 0) is 11.3 Å². The SMILES string of the molecule is [2H]c1c([2H])c2c(c([C@]([2H])(C)O)c1[2H])OC(F)(F)C(=O)N2Cc1cncc(F)c1. The first-order valence-electron chi connectivity index (χ1n) is 8.69. The fourth-order valence-corrected chi connectivity index (χ4v) is 2.24. The zero-order valence-corrected chi connectivity index (χ0v) is 12.2. The maximum Gasteiger partial charge on any atom is 0.483 e. The van der Waals surface area contributed by atoms with Crippen LogP contribution in [0.3, 0.4) is 0 Å². The molecule has 1 aromatic heterocycles. The molecule has 5 nitrogen and oxygen atoms in total. The smallest absolute Gasteiger partial charge is 0.423 e. The molecule has 1 N–H and O–H groups in total. The molecule has 24 heavy (non-hydrogen) atoms. The zero-order chi connectivity index (χ0) is 21.0. The minimum atomic E-state index is -4.43. The van der Waals surface area contributed by atoms with E-state index >= 15 is 0 Å². The molecule has 126 valence electrons. The predicted molar refractivity (Wildman–Crippen MR) is 78.0 cm³/mol. The van der Waals surface area contributed by atoms with Crippen LogP contribution in [0.5, 0.6) is 5.75 Å². The van der Waals surface area contributed by atoms with Gasteiger partial charge in [-0.1, -0.05) is 12.1 Å². The third kappa shape index (κ3) is 2.80. The van der Waals surface area contributed by atoms with Crippen molar-refractivity contribution in [2.45, 2.75) is 25.7 Å². The van der Waals surface area contributed by atoms with Crippen LogP contribution in [0.25, 0.3) is 0 Å². The molecule has 0 radical (unpaired) electrons. The number of fused-ring (bicyclic) bond motifs is 1. The van der Waals surface area contributed by atoms with Crippen molar-refractivity contribution in [2.75, 3.05) is 4.90 Å². The standard InChI is InChI=1S/C16H13F3N2O3/c1-9(22)12-3-2-4-13-14(12)24-16(18,19)15(23)21(13)8-10-5-11(17)7-20-6-10/h2-7,9,22H,8H2,1H3/t9-/m0/s1/i2D,3D,4D,9D. The summed E-state index contributed by atoms with van der Waals surface area (Å²) in [5.41, 5.74) is -1.40. The molecule has 2 heterocycles. The summed E-state index contributed by atoms with van der Waals surface area (Å²) < 4.78 is 77.7. The first-order valence-corrected chi connectivity index (χ1v) is 6.69. The second-order valence-corrected chi connectivity index (χ2v) is 5.03. The summed E-state index contributed by atoms with van der Waals surface area (Å²) in [5.74, 6) is -3.60. The Hall–Kier alpha value is -2.61. The minimum absolute atomic E-state index is 0.0112. The number of aromatic nitrogens is 1. The lowest BCUT2D eigenvalue weighted by Crippen LogP contribution is -2.50. The zero-order valence-electron chi connectivity index (χ0n) is 16.2. The van der Waals surface area contributed by atoms with Gasteiger partial charge in [-0.15, -0.1) is 0 Å². The Morgan fingerprint density at radius 3 is 2.92 bits per heavy atom. The van der Waals surface area contributed by atoms with Crippen LogP contribution >= 0.6 is 0 Å². The van der Waals surface area contributed by atoms with Crippen molar-refractivity contribution >= 4 is 11.6 Å². The van der Waals surface area contributed by atoms with Gasteiger partial charge in [-0.05, 0) is 24.6 Å². The molecule has 1 atom stereocenters. The van der Waals surface area contributed by atoms with Gasteiger partial charge in [0.05, 0.1) is 30.0 Å². The average molecular weight is 342 g/mol. The Morgan fingerprint density at radius 2 is 2.25 bits per heavy atom. The quantitative estimate of drug-likeness (QED) is 0.932. The van der Waals surface area contributed by atoms with E-state index in [2.05, 4.69) is 9.72 Å². The van der Waals surface area contributed by atoms with E-state index in [4.69, 9.17) is 5.48 Å². The Labute approximate surface area is 140 Å².